The molecule has 9 atom stereocenters. The number of esters is 1. The van der Waals surface area contributed by atoms with Crippen molar-refractivity contribution in [3.05, 3.63) is 23.8 Å². The minimum atomic E-state index is -0.239. The van der Waals surface area contributed by atoms with E-state index >= 15 is 0 Å². The number of carbonyl (C=O) groups is 1. The van der Waals surface area contributed by atoms with Crippen LogP contribution in [0.2, 0.25) is 0 Å². The van der Waals surface area contributed by atoms with Gasteiger partial charge >= 0.3 is 5.97 Å². The van der Waals surface area contributed by atoms with E-state index in [1.54, 1.807) is 5.57 Å². The van der Waals surface area contributed by atoms with Crippen LogP contribution in [0.4, 0.5) is 0 Å². The Hall–Kier alpha value is -1.25. The second-order valence-corrected chi connectivity index (χ2v) is 21.4. The fourth-order valence-corrected chi connectivity index (χ4v) is 12.7. The monoisotopic (exact) mass is 868 g/mol. The molecule has 5 aliphatic rings. The predicted molar refractivity (Wildman–Crippen MR) is 256 cm³/mol. The number of unbranched alkanes of at least 4 members (excludes halogenated alkanes) is 12. The number of hydrogen-bond donors (Lipinski definition) is 0. The van der Waals surface area contributed by atoms with Crippen molar-refractivity contribution in [3.8, 4) is 0 Å². The zero-order chi connectivity index (χ0) is 43.8. The summed E-state index contributed by atoms with van der Waals surface area (Å²) in [6.07, 6.45) is 39.9. The molecule has 0 bridgehead atoms. The first-order valence-electron chi connectivity index (χ1n) is 26.9. The van der Waals surface area contributed by atoms with E-state index in [2.05, 4.69) is 57.7 Å². The summed E-state index contributed by atoms with van der Waals surface area (Å²) in [6.45, 7) is 18.6. The van der Waals surface area contributed by atoms with E-state index in [1.165, 1.54) is 135 Å². The van der Waals surface area contributed by atoms with E-state index in [4.69, 9.17) is 23.7 Å². The van der Waals surface area contributed by atoms with Gasteiger partial charge in [0, 0.05) is 32.7 Å². The quantitative estimate of drug-likeness (QED) is 0.0379. The van der Waals surface area contributed by atoms with Crippen LogP contribution in [-0.4, -0.2) is 89.0 Å². The molecule has 7 nitrogen and oxygen atoms in total. The summed E-state index contributed by atoms with van der Waals surface area (Å²) < 4.78 is 29.9. The van der Waals surface area contributed by atoms with Gasteiger partial charge in [-0.2, -0.15) is 0 Å². The van der Waals surface area contributed by atoms with Crippen LogP contribution in [0.3, 0.4) is 0 Å². The first kappa shape index (κ1) is 51.7. The van der Waals surface area contributed by atoms with Crippen molar-refractivity contribution in [3.63, 3.8) is 0 Å². The summed E-state index contributed by atoms with van der Waals surface area (Å²) in [6, 6.07) is 0. The van der Waals surface area contributed by atoms with Crippen molar-refractivity contribution < 1.29 is 28.5 Å². The molecule has 62 heavy (non-hydrogen) atoms. The lowest BCUT2D eigenvalue weighted by molar-refractivity contribution is -0.157. The minimum absolute atomic E-state index is 0.0123. The third-order valence-corrected chi connectivity index (χ3v) is 16.4. The normalized spacial score (nSPS) is 28.7. The maximum absolute atomic E-state index is 13.0. The van der Waals surface area contributed by atoms with Crippen molar-refractivity contribution >= 4 is 5.97 Å². The molecule has 3 saturated carbocycles. The second-order valence-electron chi connectivity index (χ2n) is 21.4. The Morgan fingerprint density at radius 2 is 1.50 bits per heavy atom. The highest BCUT2D eigenvalue weighted by molar-refractivity contribution is 5.71. The second kappa shape index (κ2) is 29.4. The van der Waals surface area contributed by atoms with Gasteiger partial charge in [0.05, 0.1) is 39.1 Å². The van der Waals surface area contributed by atoms with Crippen molar-refractivity contribution in [1.29, 1.82) is 0 Å². The maximum Gasteiger partial charge on any atom is 0.332 e. The molecule has 2 unspecified atom stereocenters. The molecule has 1 heterocycles. The topological polar surface area (TPSA) is 66.5 Å². The standard InChI is InChI=1S/C55H97NO6/c1-6-7-8-9-10-11-12-13-14-15-16-17-18-19-20-21-35-59-42-48(41-56-33-36-58-37-34-56)61-39-38-60-43-54(57)62-47-31-32-55(5)46(40-47)25-26-52-51-28-27-49(50(51)29-30-53(52)55)45(4)24-22-23-44(2)3/h13-14,25,44-45,47-53H,6-12,15-24,26-43H2,1-5H3/b14-13-/t45-,47+,48?,49-,50?,51-,52+,53+,55+/m1/s1. The van der Waals surface area contributed by atoms with Gasteiger partial charge in [-0.1, -0.05) is 135 Å². The van der Waals surface area contributed by atoms with Crippen molar-refractivity contribution in [2.75, 3.05) is 65.9 Å². The van der Waals surface area contributed by atoms with Gasteiger partial charge in [0.15, 0.2) is 0 Å². The summed E-state index contributed by atoms with van der Waals surface area (Å²) in [5, 5.41) is 0. The zero-order valence-corrected chi connectivity index (χ0v) is 41.1. The number of morpholine rings is 1. The van der Waals surface area contributed by atoms with Gasteiger partial charge in [-0.25, -0.2) is 4.79 Å². The van der Waals surface area contributed by atoms with Crippen LogP contribution in [0.25, 0.3) is 0 Å². The van der Waals surface area contributed by atoms with Crippen LogP contribution < -0.4 is 0 Å². The summed E-state index contributed by atoms with van der Waals surface area (Å²) >= 11 is 0. The Labute approximate surface area is 382 Å². The van der Waals surface area contributed by atoms with E-state index in [1.807, 2.05) is 0 Å². The van der Waals surface area contributed by atoms with Gasteiger partial charge in [-0.05, 0) is 124 Å². The molecule has 1 aliphatic heterocycles. The predicted octanol–water partition coefficient (Wildman–Crippen LogP) is 13.3. The average Bonchev–Trinajstić information content (AvgIpc) is 3.71. The number of rotatable bonds is 32. The lowest BCUT2D eigenvalue weighted by Crippen LogP contribution is -2.48. The van der Waals surface area contributed by atoms with Gasteiger partial charge in [0.25, 0.3) is 0 Å². The first-order chi connectivity index (χ1) is 30.3. The number of ether oxygens (including phenoxy) is 5. The highest BCUT2D eigenvalue weighted by Gasteiger charge is 2.54. The lowest BCUT2D eigenvalue weighted by Gasteiger charge is -2.55. The molecule has 4 fully saturated rings. The van der Waals surface area contributed by atoms with Crippen LogP contribution in [0.5, 0.6) is 0 Å². The lowest BCUT2D eigenvalue weighted by atomic mass is 9.50. The Morgan fingerprint density at radius 1 is 0.790 bits per heavy atom. The molecule has 5 rings (SSSR count). The highest BCUT2D eigenvalue weighted by Crippen LogP contribution is 2.63. The molecule has 0 radical (unpaired) electrons. The molecule has 1 saturated heterocycles. The molecule has 358 valence electrons. The van der Waals surface area contributed by atoms with Gasteiger partial charge in [0.2, 0.25) is 0 Å². The smallest absolute Gasteiger partial charge is 0.332 e. The van der Waals surface area contributed by atoms with Gasteiger partial charge in [0.1, 0.15) is 12.7 Å². The van der Waals surface area contributed by atoms with E-state index in [9.17, 15) is 4.79 Å². The largest absolute Gasteiger partial charge is 0.460 e. The Balaban J connectivity index is 0.915. The highest BCUT2D eigenvalue weighted by atomic mass is 16.6. The molecule has 0 aromatic rings. The van der Waals surface area contributed by atoms with Crippen LogP contribution in [0, 0.1) is 46.8 Å². The summed E-state index contributed by atoms with van der Waals surface area (Å²) in [5.74, 6) is 5.94. The van der Waals surface area contributed by atoms with Crippen LogP contribution in [-0.2, 0) is 28.5 Å². The van der Waals surface area contributed by atoms with Gasteiger partial charge in [-0.15, -0.1) is 0 Å². The molecule has 0 aromatic heterocycles. The molecule has 0 aromatic carbocycles. The SMILES string of the molecule is CCCCCCCC/C=C\CCCCCCCCOCC(CN1CCOCC1)OCCOCC(=O)O[C@H]1CC[C@@]2(C)C(=CC[C@H]3[C@@H]4CC[C@H]([C@H](C)CCCC(C)C)C4CC[C@@H]32)C1. The van der Waals surface area contributed by atoms with E-state index in [0.717, 1.165) is 107 Å². The summed E-state index contributed by atoms with van der Waals surface area (Å²) in [7, 11) is 0. The Bertz CT molecular complexity index is 1260. The van der Waals surface area contributed by atoms with E-state index < -0.39 is 0 Å². The number of nitrogens with zero attached hydrogens (tertiary/aromatic N) is 1. The fraction of sp³-hybridized carbons (Fsp3) is 0.909. The molecular formula is C55H97NO6. The Kier molecular flexibility index (Phi) is 24.5. The zero-order valence-electron chi connectivity index (χ0n) is 41.1. The van der Waals surface area contributed by atoms with Gasteiger partial charge in [-0.3, -0.25) is 4.90 Å². The molecule has 0 N–H and O–H groups in total. The molecule has 4 aliphatic carbocycles. The molecule has 0 amide bonds. The molecule has 0 spiro atoms. The number of fused-ring (bicyclic) bond motifs is 5. The fourth-order valence-electron chi connectivity index (χ4n) is 12.7. The van der Waals surface area contributed by atoms with Crippen LogP contribution >= 0.6 is 0 Å². The first-order valence-corrected chi connectivity index (χ1v) is 26.9. The van der Waals surface area contributed by atoms with Crippen LogP contribution in [0.15, 0.2) is 23.8 Å². The van der Waals surface area contributed by atoms with Crippen molar-refractivity contribution in [2.24, 2.45) is 46.8 Å². The third-order valence-electron chi connectivity index (χ3n) is 16.4. The minimum Gasteiger partial charge on any atom is -0.460 e. The maximum atomic E-state index is 13.0. The summed E-state index contributed by atoms with van der Waals surface area (Å²) in [4.78, 5) is 15.4. The average molecular weight is 868 g/mol. The number of carbonyl (C=O) groups excluding carboxylic acids is 1. The number of hydrogen-bond acceptors (Lipinski definition) is 7. The third kappa shape index (κ3) is 17.5. The molecule has 7 heteroatoms. The van der Waals surface area contributed by atoms with Gasteiger partial charge < -0.3 is 23.7 Å². The van der Waals surface area contributed by atoms with Crippen molar-refractivity contribution in [2.45, 2.75) is 207 Å². The Morgan fingerprint density at radius 3 is 2.24 bits per heavy atom. The van der Waals surface area contributed by atoms with E-state index in [-0.39, 0.29) is 30.2 Å². The molecular weight excluding hydrogens is 771 g/mol. The summed E-state index contributed by atoms with van der Waals surface area (Å²) in [5.41, 5.74) is 1.85. The van der Waals surface area contributed by atoms with Crippen LogP contribution in [0.1, 0.15) is 195 Å². The van der Waals surface area contributed by atoms with Crippen molar-refractivity contribution in [1.82, 2.24) is 4.90 Å². The number of allylic oxidation sites excluding steroid dienone is 3. The van der Waals surface area contributed by atoms with E-state index in [0.29, 0.717) is 19.8 Å².